The highest BCUT2D eigenvalue weighted by Crippen LogP contribution is 2.29. The van der Waals surface area contributed by atoms with E-state index in [0.717, 1.165) is 64.8 Å². The van der Waals surface area contributed by atoms with Crippen molar-refractivity contribution in [1.82, 2.24) is 20.4 Å². The zero-order valence-corrected chi connectivity index (χ0v) is 26.2. The first-order chi connectivity index (χ1) is 22.1. The van der Waals surface area contributed by atoms with Gasteiger partial charge in [0.15, 0.2) is 0 Å². The van der Waals surface area contributed by atoms with Crippen molar-refractivity contribution in [1.29, 1.82) is 5.41 Å². The lowest BCUT2D eigenvalue weighted by Crippen LogP contribution is -2.38. The fraction of sp³-hybridized carbons (Fsp3) is 0.452. The zero-order valence-electron chi connectivity index (χ0n) is 25.5. The molecule has 0 bridgehead atoms. The number of hydrogen-bond acceptors (Lipinski definition) is 9. The van der Waals surface area contributed by atoms with E-state index in [0.29, 0.717) is 6.42 Å². The first kappa shape index (κ1) is 34.6. The van der Waals surface area contributed by atoms with Gasteiger partial charge in [0.2, 0.25) is 5.91 Å². The molecule has 2 fully saturated rings. The van der Waals surface area contributed by atoms with Gasteiger partial charge in [-0.3, -0.25) is 20.0 Å². The van der Waals surface area contributed by atoms with Crippen molar-refractivity contribution in [2.75, 3.05) is 32.7 Å². The van der Waals surface area contributed by atoms with E-state index in [9.17, 15) is 18.4 Å². The van der Waals surface area contributed by atoms with Crippen molar-refractivity contribution >= 4 is 47.4 Å². The highest BCUT2D eigenvalue weighted by molar-refractivity contribution is 6.30. The second-order valence-electron chi connectivity index (χ2n) is 11.1. The van der Waals surface area contributed by atoms with E-state index >= 15 is 0 Å². The largest absolute Gasteiger partial charge is 0.434 e. The Kier molecular flexibility index (Phi) is 12.7. The van der Waals surface area contributed by atoms with Gasteiger partial charge in [-0.25, -0.2) is 4.99 Å². The summed E-state index contributed by atoms with van der Waals surface area (Å²) in [7, 11) is 0. The average molecular weight is 660 g/mol. The number of alkyl halides is 2. The number of amides is 2. The third-order valence-electron chi connectivity index (χ3n) is 7.87. The fourth-order valence-electron chi connectivity index (χ4n) is 5.46. The molecule has 15 heteroatoms. The van der Waals surface area contributed by atoms with Crippen LogP contribution in [0.15, 0.2) is 57.6 Å². The molecule has 2 saturated heterocycles. The fourth-order valence-corrected chi connectivity index (χ4v) is 5.63. The van der Waals surface area contributed by atoms with Gasteiger partial charge in [0, 0.05) is 61.8 Å². The van der Waals surface area contributed by atoms with E-state index in [1.54, 1.807) is 6.08 Å². The number of ether oxygens (including phenoxy) is 1. The molecule has 1 aromatic rings. The monoisotopic (exact) mass is 659 g/mol. The van der Waals surface area contributed by atoms with E-state index in [2.05, 4.69) is 30.3 Å². The van der Waals surface area contributed by atoms with Crippen LogP contribution in [0.2, 0.25) is 5.02 Å². The number of aliphatic imine (C=N–C) groups is 2. The average Bonchev–Trinajstić information content (AvgIpc) is 3.04. The van der Waals surface area contributed by atoms with Crippen LogP contribution in [0.3, 0.4) is 0 Å². The molecule has 0 unspecified atom stereocenters. The van der Waals surface area contributed by atoms with Crippen LogP contribution >= 0.6 is 11.6 Å². The molecule has 0 atom stereocenters. The Morgan fingerprint density at radius 3 is 2.59 bits per heavy atom. The number of allylic oxidation sites excluding steroid dienone is 2. The molecule has 3 aliphatic rings. The highest BCUT2D eigenvalue weighted by atomic mass is 35.5. The van der Waals surface area contributed by atoms with Crippen molar-refractivity contribution < 1.29 is 23.1 Å². The Hall–Kier alpha value is -4.30. The quantitative estimate of drug-likeness (QED) is 0.130. The van der Waals surface area contributed by atoms with E-state index in [1.807, 2.05) is 4.90 Å². The molecular formula is C31H40ClF2N9O3. The molecule has 248 valence electrons. The van der Waals surface area contributed by atoms with E-state index in [-0.39, 0.29) is 51.1 Å². The van der Waals surface area contributed by atoms with Crippen molar-refractivity contribution in [3.05, 3.63) is 58.2 Å². The molecule has 12 nitrogen and oxygen atoms in total. The Labute approximate surface area is 271 Å². The molecule has 3 aliphatic heterocycles. The summed E-state index contributed by atoms with van der Waals surface area (Å²) in [5.41, 5.74) is 11.8. The van der Waals surface area contributed by atoms with Gasteiger partial charge in [-0.15, -0.1) is 0 Å². The van der Waals surface area contributed by atoms with Crippen LogP contribution in [0, 0.1) is 5.41 Å². The summed E-state index contributed by atoms with van der Waals surface area (Å²) in [6.45, 7) is 0.956. The zero-order chi connectivity index (χ0) is 33.1. The minimum Gasteiger partial charge on any atom is -0.434 e. The minimum atomic E-state index is -3.13. The van der Waals surface area contributed by atoms with Crippen LogP contribution in [0.5, 0.6) is 5.75 Å². The summed E-state index contributed by atoms with van der Waals surface area (Å²) in [5, 5.41) is 13.6. The van der Waals surface area contributed by atoms with Gasteiger partial charge in [-0.1, -0.05) is 11.6 Å². The molecule has 4 rings (SSSR count). The van der Waals surface area contributed by atoms with Gasteiger partial charge in [-0.05, 0) is 69.3 Å². The van der Waals surface area contributed by atoms with Crippen molar-refractivity contribution in [3.8, 4) is 5.75 Å². The lowest BCUT2D eigenvalue weighted by Gasteiger charge is -2.31. The van der Waals surface area contributed by atoms with Crippen molar-refractivity contribution in [3.63, 3.8) is 0 Å². The maximum atomic E-state index is 13.4. The molecule has 0 aromatic heterocycles. The molecule has 0 spiro atoms. The molecule has 1 aromatic carbocycles. The maximum absolute atomic E-state index is 13.4. The number of carbonyl (C=O) groups excluding carboxylic acids is 2. The second kappa shape index (κ2) is 16.9. The Balaban J connectivity index is 1.48. The molecule has 7 N–H and O–H groups in total. The van der Waals surface area contributed by atoms with E-state index in [4.69, 9.17) is 28.5 Å². The summed E-state index contributed by atoms with van der Waals surface area (Å²) >= 11 is 6.16. The number of benzene rings is 1. The lowest BCUT2D eigenvalue weighted by molar-refractivity contribution is -0.132. The third-order valence-corrected chi connectivity index (χ3v) is 8.11. The third kappa shape index (κ3) is 9.85. The summed E-state index contributed by atoms with van der Waals surface area (Å²) in [5.74, 6) is -1.36. The van der Waals surface area contributed by atoms with Gasteiger partial charge < -0.3 is 36.6 Å². The SMILES string of the molecule is N=C(N)/C(C(=O)NC(C=NC1CCN(CCCC(=O)N2CCCCC2)CC1)=C(N)c1cc(Cl)ccc1OC(F)F)=C1/N=CC=CN1. The topological polar surface area (TPSA) is 175 Å². The maximum Gasteiger partial charge on any atom is 0.387 e. The molecule has 2 amide bonds. The number of nitrogens with one attached hydrogen (secondary N) is 3. The lowest BCUT2D eigenvalue weighted by atomic mass is 10.0. The summed E-state index contributed by atoms with van der Waals surface area (Å²) in [6.07, 6.45) is 12.0. The Bertz CT molecular complexity index is 1430. The van der Waals surface area contributed by atoms with Gasteiger partial charge >= 0.3 is 6.61 Å². The Morgan fingerprint density at radius 1 is 1.20 bits per heavy atom. The smallest absolute Gasteiger partial charge is 0.387 e. The van der Waals surface area contributed by atoms with E-state index in [1.165, 1.54) is 43.2 Å². The van der Waals surface area contributed by atoms with Gasteiger partial charge in [0.05, 0.1) is 17.4 Å². The van der Waals surface area contributed by atoms with Gasteiger partial charge in [0.25, 0.3) is 5.91 Å². The van der Waals surface area contributed by atoms with Crippen LogP contribution in [0.25, 0.3) is 5.70 Å². The normalized spacial score (nSPS) is 19.2. The summed E-state index contributed by atoms with van der Waals surface area (Å²) in [4.78, 5) is 38.9. The van der Waals surface area contributed by atoms with Crippen molar-refractivity contribution in [2.45, 2.75) is 57.6 Å². The molecule has 0 radical (unpaired) electrons. The molecule has 0 aliphatic carbocycles. The van der Waals surface area contributed by atoms with Crippen LogP contribution in [0.1, 0.15) is 50.5 Å². The Morgan fingerprint density at radius 2 is 1.93 bits per heavy atom. The number of amidine groups is 1. The number of hydrogen-bond donors (Lipinski definition) is 5. The standard InChI is InChI=1S/C31H40ClF2N9O3/c32-20-7-8-24(46-31(33)34)22(18-20)27(35)23(41-30(45)26(28(36)37)29-38-11-5-12-39-29)19-40-21-9-16-42(17-10-21)13-4-6-25(44)43-14-2-1-3-15-43/h5,7-8,11-12,18-19,21,31,38H,1-4,6,9-10,13-17,35H2,(H3,36,37)(H,41,45)/b27-23?,29-26-,40-19?. The minimum absolute atomic E-state index is 0.0113. The molecule has 0 saturated carbocycles. The number of halogens is 3. The number of carbonyl (C=O) groups is 2. The number of nitrogens with zero attached hydrogens (tertiary/aromatic N) is 4. The van der Waals surface area contributed by atoms with Crippen LogP contribution in [0.4, 0.5) is 8.78 Å². The first-order valence-electron chi connectivity index (χ1n) is 15.3. The van der Waals surface area contributed by atoms with E-state index < -0.39 is 18.4 Å². The number of piperidine rings is 2. The highest BCUT2D eigenvalue weighted by Gasteiger charge is 2.24. The first-order valence-corrected chi connectivity index (χ1v) is 15.6. The van der Waals surface area contributed by atoms with Gasteiger partial charge in [0.1, 0.15) is 23.0 Å². The second-order valence-corrected chi connectivity index (χ2v) is 11.6. The van der Waals surface area contributed by atoms with Crippen LogP contribution in [-0.2, 0) is 9.59 Å². The summed E-state index contributed by atoms with van der Waals surface area (Å²) in [6, 6.07) is 3.85. The molecule has 3 heterocycles. The number of nitrogens with two attached hydrogens (primary N) is 2. The summed E-state index contributed by atoms with van der Waals surface area (Å²) < 4.78 is 31.1. The molecular weight excluding hydrogens is 620 g/mol. The van der Waals surface area contributed by atoms with Crippen LogP contribution in [-0.4, -0.2) is 85.3 Å². The van der Waals surface area contributed by atoms with Crippen molar-refractivity contribution in [2.24, 2.45) is 21.5 Å². The molecule has 46 heavy (non-hydrogen) atoms. The predicted molar refractivity (Wildman–Crippen MR) is 175 cm³/mol. The predicted octanol–water partition coefficient (Wildman–Crippen LogP) is 3.35. The van der Waals surface area contributed by atoms with Gasteiger partial charge in [-0.2, -0.15) is 8.78 Å². The number of rotatable bonds is 12. The number of likely N-dealkylation sites (tertiary alicyclic amines) is 2. The van der Waals surface area contributed by atoms with Crippen LogP contribution < -0.4 is 26.8 Å².